The Hall–Kier alpha value is -3.13. The number of benzene rings is 2. The zero-order valence-electron chi connectivity index (χ0n) is 31.9. The molecule has 7 heteroatoms. The van der Waals surface area contributed by atoms with Gasteiger partial charge in [-0.1, -0.05) is 107 Å². The van der Waals surface area contributed by atoms with E-state index in [0.29, 0.717) is 5.92 Å². The minimum atomic E-state index is -0.185. The summed E-state index contributed by atoms with van der Waals surface area (Å²) in [6.07, 6.45) is 7.57. The van der Waals surface area contributed by atoms with Gasteiger partial charge >= 0.3 is 0 Å². The van der Waals surface area contributed by atoms with Crippen molar-refractivity contribution in [2.45, 2.75) is 118 Å². The van der Waals surface area contributed by atoms with Crippen LogP contribution in [0.25, 0.3) is 0 Å². The molecule has 5 rings (SSSR count). The Labute approximate surface area is 296 Å². The Morgan fingerprint density at radius 3 is 2.40 bits per heavy atom. The summed E-state index contributed by atoms with van der Waals surface area (Å²) in [6.45, 7) is 29.1. The van der Waals surface area contributed by atoms with E-state index in [2.05, 4.69) is 106 Å². The van der Waals surface area contributed by atoms with Crippen LogP contribution in [0, 0.1) is 19.8 Å². The number of anilines is 3. The molecule has 3 unspecified atom stereocenters. The van der Waals surface area contributed by atoms with Crippen molar-refractivity contribution in [3.8, 4) is 0 Å². The van der Waals surface area contributed by atoms with Crippen LogP contribution in [0.2, 0.25) is 0 Å². The molecule has 0 amide bonds. The van der Waals surface area contributed by atoms with Crippen molar-refractivity contribution < 1.29 is 0 Å². The van der Waals surface area contributed by atoms with Crippen LogP contribution in [-0.2, 0) is 13.0 Å². The molecule has 0 aliphatic carbocycles. The number of hydrogen-bond acceptors (Lipinski definition) is 6. The first kappa shape index (κ1) is 41.0. The van der Waals surface area contributed by atoms with Crippen molar-refractivity contribution in [1.29, 1.82) is 0 Å². The monoisotopic (exact) mass is 675 g/mol. The lowest BCUT2D eigenvalue weighted by atomic mass is 9.92. The normalized spacial score (nSPS) is 18.7. The molecule has 1 fully saturated rings. The Morgan fingerprint density at radius 1 is 1.06 bits per heavy atom. The quantitative estimate of drug-likeness (QED) is 0.0774. The number of allylic oxidation sites excluding steroid dienone is 1. The van der Waals surface area contributed by atoms with Crippen LogP contribution in [0.4, 0.5) is 17.2 Å². The van der Waals surface area contributed by atoms with E-state index in [9.17, 15) is 0 Å². The number of hydrogen-bond donors (Lipinski definition) is 2. The number of hydrazine groups is 1. The van der Waals surface area contributed by atoms with Gasteiger partial charge in [-0.2, -0.15) is 0 Å². The molecule has 6 nitrogen and oxygen atoms in total. The van der Waals surface area contributed by atoms with Gasteiger partial charge in [0.15, 0.2) is 0 Å². The predicted octanol–water partition coefficient (Wildman–Crippen LogP) is 10.1. The van der Waals surface area contributed by atoms with Crippen LogP contribution in [0.5, 0.6) is 0 Å². The minimum absolute atomic E-state index is 0.158. The van der Waals surface area contributed by atoms with E-state index in [4.69, 9.17) is 16.6 Å². The number of fused-ring (bicyclic) bond motifs is 3. The Bertz CT molecular complexity index is 1470. The molecule has 3 atom stereocenters. The number of aryl methyl sites for hydroxylation is 1. The summed E-state index contributed by atoms with van der Waals surface area (Å²) in [6, 6.07) is 17.2. The lowest BCUT2D eigenvalue weighted by Crippen LogP contribution is -2.47. The van der Waals surface area contributed by atoms with Crippen molar-refractivity contribution in [3.63, 3.8) is 0 Å². The number of aromatic nitrogens is 1. The molecule has 0 bridgehead atoms. The zero-order chi connectivity index (χ0) is 36.0. The SMILES string of the molecule is C=C(C)C(C)Cc1ccc(N(N)CCCC)c(N)c1C.C=S1c2cccnc2N2CCCC2(C)CN1Cc1ccccc1C.CC.CC. The standard InChI is InChI=1S/C20H25N3S.C17H29N3.2C2H6/c1-16-8-4-5-9-17(16)14-22-15-20(2)11-7-13-23(20)19-18(24(22)3)10-6-12-21-19;1-6-7-10-20(19)16-9-8-15(14(5)17(16)18)11-13(4)12(2)3;2*1-2/h4-6,8-10,12H,3,7,11,13-15H2,1-2H3;8-9,13H,2,6-7,10-11,18-19H2,1,3-5H3;2*1-2H3. The van der Waals surface area contributed by atoms with Gasteiger partial charge in [0.05, 0.1) is 21.8 Å². The van der Waals surface area contributed by atoms with Crippen LogP contribution in [0.1, 0.15) is 103 Å². The molecule has 3 aromatic rings. The van der Waals surface area contributed by atoms with Crippen LogP contribution in [0.15, 0.2) is 71.8 Å². The summed E-state index contributed by atoms with van der Waals surface area (Å²) < 4.78 is 2.56. The average Bonchev–Trinajstić information content (AvgIpc) is 3.45. The summed E-state index contributed by atoms with van der Waals surface area (Å²) >= 11 is 0. The average molecular weight is 675 g/mol. The molecule has 0 radical (unpaired) electrons. The van der Waals surface area contributed by atoms with Gasteiger partial charge in [0.25, 0.3) is 0 Å². The van der Waals surface area contributed by atoms with Gasteiger partial charge in [-0.3, -0.25) is 0 Å². The third-order valence-electron chi connectivity index (χ3n) is 9.48. The van der Waals surface area contributed by atoms with Gasteiger partial charge < -0.3 is 15.6 Å². The van der Waals surface area contributed by atoms with E-state index in [1.165, 1.54) is 40.0 Å². The molecule has 1 aromatic heterocycles. The van der Waals surface area contributed by atoms with E-state index in [1.54, 1.807) is 5.01 Å². The first-order chi connectivity index (χ1) is 23.0. The van der Waals surface area contributed by atoms with E-state index in [1.807, 2.05) is 40.0 Å². The third kappa shape index (κ3) is 10.2. The number of nitrogens with two attached hydrogens (primary N) is 2. The van der Waals surface area contributed by atoms with Gasteiger partial charge in [-0.15, -0.1) is 0 Å². The first-order valence-electron chi connectivity index (χ1n) is 18.1. The predicted molar refractivity (Wildman–Crippen MR) is 216 cm³/mol. The van der Waals surface area contributed by atoms with E-state index >= 15 is 0 Å². The van der Waals surface area contributed by atoms with Gasteiger partial charge in [0.1, 0.15) is 5.82 Å². The maximum Gasteiger partial charge on any atom is 0.143 e. The summed E-state index contributed by atoms with van der Waals surface area (Å²) in [7, 11) is -0.185. The fraction of sp³-hybridized carbons (Fsp3) is 0.512. The second-order valence-corrected chi connectivity index (χ2v) is 14.6. The summed E-state index contributed by atoms with van der Waals surface area (Å²) in [5.41, 5.74) is 14.5. The molecule has 2 aliphatic rings. The van der Waals surface area contributed by atoms with Gasteiger partial charge in [0.2, 0.25) is 0 Å². The van der Waals surface area contributed by atoms with Crippen molar-refractivity contribution in [1.82, 2.24) is 9.29 Å². The lowest BCUT2D eigenvalue weighted by Gasteiger charge is -2.37. The van der Waals surface area contributed by atoms with E-state index in [-0.39, 0.29) is 16.2 Å². The molecular formula is C41H66N6S. The zero-order valence-corrected chi connectivity index (χ0v) is 32.7. The molecule has 0 saturated carbocycles. The molecule has 266 valence electrons. The van der Waals surface area contributed by atoms with Crippen molar-refractivity contribution in [2.75, 3.05) is 35.3 Å². The second-order valence-electron chi connectivity index (χ2n) is 12.9. The highest BCUT2D eigenvalue weighted by atomic mass is 32.2. The largest absolute Gasteiger partial charge is 0.397 e. The maximum absolute atomic E-state index is 6.26. The molecule has 2 aliphatic heterocycles. The number of nitrogens with zero attached hydrogens (tertiary/aromatic N) is 4. The van der Waals surface area contributed by atoms with Crippen molar-refractivity contribution in [3.05, 3.63) is 89.1 Å². The summed E-state index contributed by atoms with van der Waals surface area (Å²) in [4.78, 5) is 8.56. The highest BCUT2D eigenvalue weighted by Crippen LogP contribution is 2.46. The maximum atomic E-state index is 6.26. The highest BCUT2D eigenvalue weighted by molar-refractivity contribution is 8.12. The first-order valence-corrected chi connectivity index (χ1v) is 19.4. The summed E-state index contributed by atoms with van der Waals surface area (Å²) in [5.74, 6) is 12.3. The third-order valence-corrected chi connectivity index (χ3v) is 11.2. The Balaban J connectivity index is 0.000000308. The van der Waals surface area contributed by atoms with Gasteiger partial charge in [-0.05, 0) is 99.7 Å². The number of nitrogen functional groups attached to an aromatic ring is 1. The number of rotatable bonds is 9. The van der Waals surface area contributed by atoms with Crippen LogP contribution in [0.3, 0.4) is 0 Å². The number of unbranched alkanes of at least 4 members (excludes halogenated alkanes) is 1. The van der Waals surface area contributed by atoms with E-state index < -0.39 is 0 Å². The van der Waals surface area contributed by atoms with Crippen molar-refractivity contribution >= 4 is 33.7 Å². The second kappa shape index (κ2) is 19.8. The van der Waals surface area contributed by atoms with Crippen molar-refractivity contribution in [2.24, 2.45) is 11.8 Å². The lowest BCUT2D eigenvalue weighted by molar-refractivity contribution is 0.339. The molecule has 1 saturated heterocycles. The smallest absolute Gasteiger partial charge is 0.143 e. The van der Waals surface area contributed by atoms with Gasteiger partial charge in [-0.25, -0.2) is 15.1 Å². The molecule has 48 heavy (non-hydrogen) atoms. The van der Waals surface area contributed by atoms with Crippen LogP contribution in [-0.4, -0.2) is 40.3 Å². The molecular weight excluding hydrogens is 609 g/mol. The minimum Gasteiger partial charge on any atom is -0.397 e. The molecule has 3 heterocycles. The van der Waals surface area contributed by atoms with E-state index in [0.717, 1.165) is 68.2 Å². The van der Waals surface area contributed by atoms with Crippen LogP contribution < -0.4 is 21.5 Å². The fourth-order valence-electron chi connectivity index (χ4n) is 6.21. The Morgan fingerprint density at radius 2 is 1.75 bits per heavy atom. The summed E-state index contributed by atoms with van der Waals surface area (Å²) in [5, 5.41) is 1.76. The topological polar surface area (TPSA) is 74.6 Å². The van der Waals surface area contributed by atoms with Gasteiger partial charge in [0, 0.05) is 32.4 Å². The van der Waals surface area contributed by atoms with Crippen LogP contribution >= 0.6 is 10.7 Å². The Kier molecular flexibility index (Phi) is 16.9. The fourth-order valence-corrected chi connectivity index (χ4v) is 7.83. The molecule has 2 aromatic carbocycles. The highest BCUT2D eigenvalue weighted by Gasteiger charge is 2.42. The molecule has 4 N–H and O–H groups in total. The molecule has 0 spiro atoms. The number of pyridine rings is 1.